The maximum absolute atomic E-state index is 12.8. The molecule has 0 aliphatic rings. The lowest BCUT2D eigenvalue weighted by Gasteiger charge is -2.10. The Morgan fingerprint density at radius 3 is 2.50 bits per heavy atom. The van der Waals surface area contributed by atoms with E-state index in [1.54, 1.807) is 30.3 Å². The number of carbonyl (C=O) groups excluding carboxylic acids is 1. The molecule has 3 N–H and O–H groups in total. The van der Waals surface area contributed by atoms with Crippen molar-refractivity contribution in [1.29, 1.82) is 0 Å². The topological polar surface area (TPSA) is 61.4 Å². The SMILES string of the molecule is O=C(Nc1ccc(F)cc1)Nc1cccc2cc(O)ccc12. The predicted molar refractivity (Wildman–Crippen MR) is 84.7 cm³/mol. The van der Waals surface area contributed by atoms with Crippen molar-refractivity contribution in [3.05, 3.63) is 66.5 Å². The van der Waals surface area contributed by atoms with E-state index in [2.05, 4.69) is 10.6 Å². The summed E-state index contributed by atoms with van der Waals surface area (Å²) in [5, 5.41) is 16.5. The zero-order valence-electron chi connectivity index (χ0n) is 11.5. The molecular formula is C17H13FN2O2. The number of hydrogen-bond acceptors (Lipinski definition) is 2. The van der Waals surface area contributed by atoms with Crippen LogP contribution in [0.5, 0.6) is 5.75 Å². The van der Waals surface area contributed by atoms with Crippen molar-refractivity contribution < 1.29 is 14.3 Å². The molecule has 3 aromatic carbocycles. The zero-order valence-corrected chi connectivity index (χ0v) is 11.5. The number of carbonyl (C=O) groups is 1. The Morgan fingerprint density at radius 2 is 1.73 bits per heavy atom. The smallest absolute Gasteiger partial charge is 0.323 e. The van der Waals surface area contributed by atoms with Gasteiger partial charge in [-0.2, -0.15) is 0 Å². The first-order valence-corrected chi connectivity index (χ1v) is 6.67. The van der Waals surface area contributed by atoms with Gasteiger partial charge in [0.2, 0.25) is 0 Å². The van der Waals surface area contributed by atoms with Crippen molar-refractivity contribution in [2.24, 2.45) is 0 Å². The number of nitrogens with one attached hydrogen (secondary N) is 2. The summed E-state index contributed by atoms with van der Waals surface area (Å²) in [4.78, 5) is 12.0. The second kappa shape index (κ2) is 5.73. The van der Waals surface area contributed by atoms with Crippen LogP contribution in [0.4, 0.5) is 20.6 Å². The third-order valence-corrected chi connectivity index (χ3v) is 3.21. The highest BCUT2D eigenvalue weighted by Gasteiger charge is 2.06. The number of hydrogen-bond donors (Lipinski definition) is 3. The normalized spacial score (nSPS) is 10.4. The number of phenolic OH excluding ortho intramolecular Hbond substituents is 1. The molecule has 3 rings (SSSR count). The van der Waals surface area contributed by atoms with Crippen molar-refractivity contribution >= 4 is 28.2 Å². The number of amides is 2. The van der Waals surface area contributed by atoms with E-state index in [0.29, 0.717) is 11.4 Å². The van der Waals surface area contributed by atoms with Crippen molar-refractivity contribution in [3.8, 4) is 5.75 Å². The van der Waals surface area contributed by atoms with Gasteiger partial charge in [0, 0.05) is 11.1 Å². The van der Waals surface area contributed by atoms with Crippen molar-refractivity contribution in [2.75, 3.05) is 10.6 Å². The highest BCUT2D eigenvalue weighted by atomic mass is 19.1. The zero-order chi connectivity index (χ0) is 15.5. The summed E-state index contributed by atoms with van der Waals surface area (Å²) in [7, 11) is 0. The van der Waals surface area contributed by atoms with E-state index in [-0.39, 0.29) is 11.6 Å². The summed E-state index contributed by atoms with van der Waals surface area (Å²) in [6, 6.07) is 15.4. The van der Waals surface area contributed by atoms with Gasteiger partial charge in [-0.05, 0) is 53.9 Å². The Bertz CT molecular complexity index is 832. The lowest BCUT2D eigenvalue weighted by Crippen LogP contribution is -2.19. The second-order valence-corrected chi connectivity index (χ2v) is 4.80. The average molecular weight is 296 g/mol. The van der Waals surface area contributed by atoms with Crippen molar-refractivity contribution in [1.82, 2.24) is 0 Å². The average Bonchev–Trinajstić information content (AvgIpc) is 2.49. The van der Waals surface area contributed by atoms with Gasteiger partial charge in [-0.3, -0.25) is 0 Å². The van der Waals surface area contributed by atoms with Crippen LogP contribution in [0.1, 0.15) is 0 Å². The van der Waals surface area contributed by atoms with E-state index in [1.165, 1.54) is 24.3 Å². The molecule has 0 atom stereocenters. The number of anilines is 2. The molecule has 0 saturated carbocycles. The first-order valence-electron chi connectivity index (χ1n) is 6.67. The van der Waals surface area contributed by atoms with Crippen LogP contribution in [-0.4, -0.2) is 11.1 Å². The van der Waals surface area contributed by atoms with E-state index in [9.17, 15) is 14.3 Å². The summed E-state index contributed by atoms with van der Waals surface area (Å²) in [5.41, 5.74) is 1.12. The third-order valence-electron chi connectivity index (χ3n) is 3.21. The van der Waals surface area contributed by atoms with Crippen LogP contribution in [0.15, 0.2) is 60.7 Å². The van der Waals surface area contributed by atoms with E-state index in [4.69, 9.17) is 0 Å². The summed E-state index contributed by atoms with van der Waals surface area (Å²) < 4.78 is 12.8. The Balaban J connectivity index is 1.80. The summed E-state index contributed by atoms with van der Waals surface area (Å²) >= 11 is 0. The van der Waals surface area contributed by atoms with Crippen LogP contribution < -0.4 is 10.6 Å². The highest BCUT2D eigenvalue weighted by Crippen LogP contribution is 2.26. The Morgan fingerprint density at radius 1 is 0.955 bits per heavy atom. The van der Waals surface area contributed by atoms with Gasteiger partial charge in [-0.1, -0.05) is 12.1 Å². The van der Waals surface area contributed by atoms with Gasteiger partial charge < -0.3 is 15.7 Å². The molecule has 0 aromatic heterocycles. The number of phenols is 1. The maximum Gasteiger partial charge on any atom is 0.323 e. The molecule has 0 aliphatic heterocycles. The molecule has 4 nitrogen and oxygen atoms in total. The van der Waals surface area contributed by atoms with Crippen LogP contribution in [0.25, 0.3) is 10.8 Å². The summed E-state index contributed by atoms with van der Waals surface area (Å²) in [5.74, 6) is -0.194. The predicted octanol–water partition coefficient (Wildman–Crippen LogP) is 4.33. The maximum atomic E-state index is 12.8. The van der Waals surface area contributed by atoms with Crippen LogP contribution >= 0.6 is 0 Å². The molecule has 22 heavy (non-hydrogen) atoms. The van der Waals surface area contributed by atoms with Gasteiger partial charge in [0.1, 0.15) is 11.6 Å². The molecule has 0 fully saturated rings. The molecule has 0 heterocycles. The lowest BCUT2D eigenvalue weighted by atomic mass is 10.1. The minimum atomic E-state index is -0.424. The largest absolute Gasteiger partial charge is 0.508 e. The third kappa shape index (κ3) is 2.98. The number of benzene rings is 3. The Labute approximate surface area is 126 Å². The number of fused-ring (bicyclic) bond motifs is 1. The molecule has 5 heteroatoms. The van der Waals surface area contributed by atoms with Gasteiger partial charge in [0.25, 0.3) is 0 Å². The number of urea groups is 1. The number of aromatic hydroxyl groups is 1. The van der Waals surface area contributed by atoms with Crippen LogP contribution in [0, 0.1) is 5.82 Å². The molecule has 3 aromatic rings. The minimum Gasteiger partial charge on any atom is -0.508 e. The molecule has 0 spiro atoms. The molecule has 0 saturated heterocycles. The molecule has 0 unspecified atom stereocenters. The van der Waals surface area contributed by atoms with E-state index >= 15 is 0 Å². The van der Waals surface area contributed by atoms with Crippen LogP contribution in [0.2, 0.25) is 0 Å². The number of halogens is 1. The molecule has 2 amide bonds. The highest BCUT2D eigenvalue weighted by molar-refractivity contribution is 6.06. The lowest BCUT2D eigenvalue weighted by molar-refractivity contribution is 0.262. The summed E-state index contributed by atoms with van der Waals surface area (Å²) in [6.07, 6.45) is 0. The van der Waals surface area contributed by atoms with Gasteiger partial charge in [0.05, 0.1) is 5.69 Å². The number of rotatable bonds is 2. The second-order valence-electron chi connectivity index (χ2n) is 4.80. The monoisotopic (exact) mass is 296 g/mol. The molecule has 0 radical (unpaired) electrons. The van der Waals surface area contributed by atoms with Gasteiger partial charge in [-0.25, -0.2) is 9.18 Å². The Hall–Kier alpha value is -3.08. The van der Waals surface area contributed by atoms with Crippen LogP contribution in [0.3, 0.4) is 0 Å². The Kier molecular flexibility index (Phi) is 3.62. The van der Waals surface area contributed by atoms with E-state index in [1.807, 2.05) is 6.07 Å². The molecule has 0 bridgehead atoms. The van der Waals surface area contributed by atoms with Gasteiger partial charge in [-0.15, -0.1) is 0 Å². The van der Waals surface area contributed by atoms with E-state index in [0.717, 1.165) is 10.8 Å². The fraction of sp³-hybridized carbons (Fsp3) is 0. The van der Waals surface area contributed by atoms with Crippen molar-refractivity contribution in [3.63, 3.8) is 0 Å². The fourth-order valence-electron chi connectivity index (χ4n) is 2.20. The quantitative estimate of drug-likeness (QED) is 0.659. The first kappa shape index (κ1) is 13.9. The molecule has 0 aliphatic carbocycles. The summed E-state index contributed by atoms with van der Waals surface area (Å²) in [6.45, 7) is 0. The molecule has 110 valence electrons. The minimum absolute atomic E-state index is 0.167. The van der Waals surface area contributed by atoms with Crippen molar-refractivity contribution in [2.45, 2.75) is 0 Å². The first-order chi connectivity index (χ1) is 10.6. The fourth-order valence-corrected chi connectivity index (χ4v) is 2.20. The standard InChI is InChI=1S/C17H13FN2O2/c18-12-4-6-13(7-5-12)19-17(22)20-16-3-1-2-11-10-14(21)8-9-15(11)16/h1-10,21H,(H2,19,20,22). The van der Waals surface area contributed by atoms with Crippen LogP contribution in [-0.2, 0) is 0 Å². The van der Waals surface area contributed by atoms with E-state index < -0.39 is 6.03 Å². The molecular weight excluding hydrogens is 283 g/mol. The van der Waals surface area contributed by atoms with Gasteiger partial charge >= 0.3 is 6.03 Å². The van der Waals surface area contributed by atoms with Gasteiger partial charge in [0.15, 0.2) is 0 Å².